The molecule has 1 aromatic carbocycles. The third-order valence-electron chi connectivity index (χ3n) is 1.97. The largest absolute Gasteiger partial charge is 0.330 e. The summed E-state index contributed by atoms with van der Waals surface area (Å²) in [6.45, 7) is 2.44. The fourth-order valence-corrected chi connectivity index (χ4v) is 1.79. The maximum atomic E-state index is 5.52. The summed E-state index contributed by atoms with van der Waals surface area (Å²) in [5.74, 6) is 0.793. The molecule has 0 saturated carbocycles. The summed E-state index contributed by atoms with van der Waals surface area (Å²) in [6, 6.07) is 7.96. The predicted molar refractivity (Wildman–Crippen MR) is 62.3 cm³/mol. The predicted octanol–water partition coefficient (Wildman–Crippen LogP) is 2.05. The number of nitrogens with zero attached hydrogens (tertiary/aromatic N) is 2. The SMILES string of the molecule is Cc1nsc(Nc2ccc(CN)cc2)n1. The van der Waals surface area contributed by atoms with E-state index in [0.717, 1.165) is 22.2 Å². The molecule has 0 aliphatic rings. The summed E-state index contributed by atoms with van der Waals surface area (Å²) in [7, 11) is 0. The monoisotopic (exact) mass is 220 g/mol. The fourth-order valence-electron chi connectivity index (χ4n) is 1.20. The van der Waals surface area contributed by atoms with Gasteiger partial charge >= 0.3 is 0 Å². The Morgan fingerprint density at radius 3 is 2.60 bits per heavy atom. The van der Waals surface area contributed by atoms with Gasteiger partial charge in [-0.1, -0.05) is 12.1 Å². The van der Waals surface area contributed by atoms with E-state index >= 15 is 0 Å². The molecular weight excluding hydrogens is 208 g/mol. The Morgan fingerprint density at radius 1 is 1.33 bits per heavy atom. The van der Waals surface area contributed by atoms with Gasteiger partial charge in [-0.3, -0.25) is 0 Å². The van der Waals surface area contributed by atoms with Crippen LogP contribution in [-0.2, 0) is 6.54 Å². The van der Waals surface area contributed by atoms with Crippen LogP contribution < -0.4 is 11.1 Å². The van der Waals surface area contributed by atoms with Gasteiger partial charge in [0.2, 0.25) is 5.13 Å². The maximum Gasteiger partial charge on any atom is 0.207 e. The average molecular weight is 220 g/mol. The number of hydrogen-bond donors (Lipinski definition) is 2. The van der Waals surface area contributed by atoms with Gasteiger partial charge in [-0.25, -0.2) is 4.98 Å². The zero-order valence-corrected chi connectivity index (χ0v) is 9.21. The molecule has 0 fully saturated rings. The van der Waals surface area contributed by atoms with Crippen LogP contribution in [0.1, 0.15) is 11.4 Å². The molecule has 4 nitrogen and oxygen atoms in total. The number of nitrogens with two attached hydrogens (primary N) is 1. The lowest BCUT2D eigenvalue weighted by atomic mass is 10.2. The molecular formula is C10H12N4S. The van der Waals surface area contributed by atoms with Gasteiger partial charge in [-0.05, 0) is 24.6 Å². The Kier molecular flexibility index (Phi) is 2.94. The molecule has 78 valence electrons. The molecule has 0 radical (unpaired) electrons. The third kappa shape index (κ3) is 2.51. The first-order valence-electron chi connectivity index (χ1n) is 4.64. The van der Waals surface area contributed by atoms with Crippen LogP contribution in [0.2, 0.25) is 0 Å². The molecule has 0 aliphatic carbocycles. The molecule has 0 saturated heterocycles. The molecule has 0 bridgehead atoms. The Morgan fingerprint density at radius 2 is 2.07 bits per heavy atom. The van der Waals surface area contributed by atoms with Crippen molar-refractivity contribution >= 4 is 22.4 Å². The van der Waals surface area contributed by atoms with Crippen molar-refractivity contribution in [3.8, 4) is 0 Å². The van der Waals surface area contributed by atoms with E-state index in [-0.39, 0.29) is 0 Å². The number of aryl methyl sites for hydroxylation is 1. The smallest absolute Gasteiger partial charge is 0.207 e. The van der Waals surface area contributed by atoms with Gasteiger partial charge in [0.15, 0.2) is 0 Å². The van der Waals surface area contributed by atoms with Crippen LogP contribution in [0.4, 0.5) is 10.8 Å². The van der Waals surface area contributed by atoms with Crippen LogP contribution in [-0.4, -0.2) is 9.36 Å². The normalized spacial score (nSPS) is 10.3. The van der Waals surface area contributed by atoms with Crippen LogP contribution in [0.15, 0.2) is 24.3 Å². The van der Waals surface area contributed by atoms with Crippen molar-refractivity contribution in [1.82, 2.24) is 9.36 Å². The highest BCUT2D eigenvalue weighted by Gasteiger charge is 1.99. The molecule has 15 heavy (non-hydrogen) atoms. The second-order valence-electron chi connectivity index (χ2n) is 3.17. The Balaban J connectivity index is 2.11. The Bertz CT molecular complexity index is 435. The molecule has 0 atom stereocenters. The summed E-state index contributed by atoms with van der Waals surface area (Å²) in [5, 5.41) is 3.99. The quantitative estimate of drug-likeness (QED) is 0.831. The van der Waals surface area contributed by atoms with Gasteiger partial charge in [-0.2, -0.15) is 4.37 Å². The highest BCUT2D eigenvalue weighted by atomic mass is 32.1. The Labute approximate surface area is 92.3 Å². The highest BCUT2D eigenvalue weighted by Crippen LogP contribution is 2.18. The van der Waals surface area contributed by atoms with Crippen LogP contribution >= 0.6 is 11.5 Å². The zero-order valence-electron chi connectivity index (χ0n) is 8.40. The molecule has 2 rings (SSSR count). The van der Waals surface area contributed by atoms with Gasteiger partial charge in [0, 0.05) is 23.8 Å². The summed E-state index contributed by atoms with van der Waals surface area (Å²) in [4.78, 5) is 4.22. The van der Waals surface area contributed by atoms with E-state index in [1.54, 1.807) is 0 Å². The van der Waals surface area contributed by atoms with Crippen LogP contribution in [0, 0.1) is 6.92 Å². The minimum absolute atomic E-state index is 0.568. The van der Waals surface area contributed by atoms with E-state index in [4.69, 9.17) is 5.73 Å². The van der Waals surface area contributed by atoms with Gasteiger partial charge in [-0.15, -0.1) is 0 Å². The van der Waals surface area contributed by atoms with Gasteiger partial charge in [0.25, 0.3) is 0 Å². The molecule has 0 spiro atoms. The van der Waals surface area contributed by atoms with Crippen molar-refractivity contribution in [2.24, 2.45) is 5.73 Å². The molecule has 5 heteroatoms. The molecule has 0 amide bonds. The van der Waals surface area contributed by atoms with Crippen LogP contribution in [0.5, 0.6) is 0 Å². The number of benzene rings is 1. The molecule has 3 N–H and O–H groups in total. The molecule has 0 unspecified atom stereocenters. The summed E-state index contributed by atoms with van der Waals surface area (Å²) >= 11 is 1.36. The Hall–Kier alpha value is -1.46. The van der Waals surface area contributed by atoms with Crippen LogP contribution in [0.25, 0.3) is 0 Å². The van der Waals surface area contributed by atoms with E-state index < -0.39 is 0 Å². The van der Waals surface area contributed by atoms with Crippen LogP contribution in [0.3, 0.4) is 0 Å². The maximum absolute atomic E-state index is 5.52. The minimum Gasteiger partial charge on any atom is -0.330 e. The zero-order chi connectivity index (χ0) is 10.7. The first-order valence-corrected chi connectivity index (χ1v) is 5.41. The number of anilines is 2. The van der Waals surface area contributed by atoms with E-state index in [0.29, 0.717) is 6.54 Å². The van der Waals surface area contributed by atoms with Gasteiger partial charge in [0.05, 0.1) is 0 Å². The van der Waals surface area contributed by atoms with E-state index in [9.17, 15) is 0 Å². The van der Waals surface area contributed by atoms with E-state index in [1.165, 1.54) is 11.5 Å². The molecule has 1 heterocycles. The molecule has 2 aromatic rings. The van der Waals surface area contributed by atoms with E-state index in [2.05, 4.69) is 14.7 Å². The van der Waals surface area contributed by atoms with Crippen molar-refractivity contribution in [3.05, 3.63) is 35.7 Å². The summed E-state index contributed by atoms with van der Waals surface area (Å²) in [5.41, 5.74) is 7.64. The minimum atomic E-state index is 0.568. The fraction of sp³-hybridized carbons (Fsp3) is 0.200. The van der Waals surface area contributed by atoms with E-state index in [1.807, 2.05) is 31.2 Å². The lowest BCUT2D eigenvalue weighted by Gasteiger charge is -2.02. The van der Waals surface area contributed by atoms with Crippen molar-refractivity contribution in [1.29, 1.82) is 0 Å². The number of rotatable bonds is 3. The topological polar surface area (TPSA) is 63.8 Å². The highest BCUT2D eigenvalue weighted by molar-refractivity contribution is 7.09. The van der Waals surface area contributed by atoms with Crippen molar-refractivity contribution in [3.63, 3.8) is 0 Å². The number of nitrogens with one attached hydrogen (secondary N) is 1. The first kappa shape index (κ1) is 10.1. The average Bonchev–Trinajstić information content (AvgIpc) is 2.65. The molecule has 0 aliphatic heterocycles. The van der Waals surface area contributed by atoms with Gasteiger partial charge < -0.3 is 11.1 Å². The second kappa shape index (κ2) is 4.37. The van der Waals surface area contributed by atoms with Crippen molar-refractivity contribution < 1.29 is 0 Å². The van der Waals surface area contributed by atoms with Crippen molar-refractivity contribution in [2.45, 2.75) is 13.5 Å². The van der Waals surface area contributed by atoms with Crippen molar-refractivity contribution in [2.75, 3.05) is 5.32 Å². The number of aromatic nitrogens is 2. The number of hydrogen-bond acceptors (Lipinski definition) is 5. The summed E-state index contributed by atoms with van der Waals surface area (Å²) in [6.07, 6.45) is 0. The molecule has 1 aromatic heterocycles. The lowest BCUT2D eigenvalue weighted by molar-refractivity contribution is 1.07. The lowest BCUT2D eigenvalue weighted by Crippen LogP contribution is -1.96. The van der Waals surface area contributed by atoms with Gasteiger partial charge in [0.1, 0.15) is 5.82 Å². The summed E-state index contributed by atoms with van der Waals surface area (Å²) < 4.78 is 4.09. The first-order chi connectivity index (χ1) is 7.28. The third-order valence-corrected chi connectivity index (χ3v) is 2.69. The second-order valence-corrected chi connectivity index (χ2v) is 3.92. The standard InChI is InChI=1S/C10H12N4S/c1-7-12-10(15-14-7)13-9-4-2-8(6-11)3-5-9/h2-5H,6,11H2,1H3,(H,12,13,14).